The first-order valence-electron chi connectivity index (χ1n) is 5.70. The minimum absolute atomic E-state index is 0.0454. The molecule has 0 saturated carbocycles. The average Bonchev–Trinajstić information content (AvgIpc) is 2.66. The molecule has 0 fully saturated rings. The van der Waals surface area contributed by atoms with Crippen molar-refractivity contribution < 1.29 is 5.11 Å². The lowest BCUT2D eigenvalue weighted by Crippen LogP contribution is -1.97. The van der Waals surface area contributed by atoms with Gasteiger partial charge in [-0.15, -0.1) is 0 Å². The topological polar surface area (TPSA) is 25.2 Å². The number of aliphatic hydroxyl groups is 1. The molecular formula is C14H16ClNO. The van der Waals surface area contributed by atoms with Crippen molar-refractivity contribution in [3.63, 3.8) is 0 Å². The van der Waals surface area contributed by atoms with Gasteiger partial charge in [-0.25, -0.2) is 0 Å². The molecule has 90 valence electrons. The van der Waals surface area contributed by atoms with E-state index >= 15 is 0 Å². The Morgan fingerprint density at radius 3 is 2.88 bits per heavy atom. The number of benzene rings is 1. The summed E-state index contributed by atoms with van der Waals surface area (Å²) in [5, 5.41) is 11.1. The molecule has 0 saturated heterocycles. The highest BCUT2D eigenvalue weighted by Gasteiger charge is 2.08. The van der Waals surface area contributed by atoms with E-state index in [-0.39, 0.29) is 6.61 Å². The molecule has 0 radical (unpaired) electrons. The van der Waals surface area contributed by atoms with E-state index < -0.39 is 0 Å². The van der Waals surface area contributed by atoms with Gasteiger partial charge >= 0.3 is 0 Å². The van der Waals surface area contributed by atoms with Crippen LogP contribution in [0.3, 0.4) is 0 Å². The van der Waals surface area contributed by atoms with Crippen LogP contribution in [0.5, 0.6) is 0 Å². The first-order valence-corrected chi connectivity index (χ1v) is 6.08. The van der Waals surface area contributed by atoms with Gasteiger partial charge in [0.25, 0.3) is 0 Å². The van der Waals surface area contributed by atoms with Crippen LogP contribution >= 0.6 is 11.6 Å². The van der Waals surface area contributed by atoms with Gasteiger partial charge in [0.2, 0.25) is 0 Å². The van der Waals surface area contributed by atoms with E-state index in [4.69, 9.17) is 11.6 Å². The van der Waals surface area contributed by atoms with E-state index in [0.717, 1.165) is 35.0 Å². The largest absolute Gasteiger partial charge is 0.392 e. The van der Waals surface area contributed by atoms with Gasteiger partial charge in [0, 0.05) is 28.7 Å². The first kappa shape index (κ1) is 12.2. The van der Waals surface area contributed by atoms with Crippen molar-refractivity contribution in [1.29, 1.82) is 0 Å². The summed E-state index contributed by atoms with van der Waals surface area (Å²) >= 11 is 6.02. The number of rotatable bonds is 4. The Bertz CT molecular complexity index is 557. The number of aliphatic hydroxyl groups excluding tert-OH is 1. The molecule has 0 aliphatic carbocycles. The lowest BCUT2D eigenvalue weighted by atomic mass is 10.2. The van der Waals surface area contributed by atoms with Crippen LogP contribution in [0.25, 0.3) is 10.9 Å². The number of hydrogen-bond donors (Lipinski definition) is 1. The molecule has 1 heterocycles. The Morgan fingerprint density at radius 1 is 1.47 bits per heavy atom. The Balaban J connectivity index is 2.54. The fourth-order valence-electron chi connectivity index (χ4n) is 1.95. The molecule has 0 spiro atoms. The van der Waals surface area contributed by atoms with Gasteiger partial charge in [-0.2, -0.15) is 0 Å². The maximum absolute atomic E-state index is 9.34. The average molecular weight is 250 g/mol. The van der Waals surface area contributed by atoms with Crippen LogP contribution in [0.4, 0.5) is 0 Å². The standard InChI is InChI=1S/C14H16ClNO/c1-3-10(2)7-16-8-11(9-17)13-5-4-12(15)6-14(13)16/h4-6,8,17H,2-3,7,9H2,1H3. The molecule has 0 aliphatic rings. The zero-order valence-corrected chi connectivity index (χ0v) is 10.7. The first-order chi connectivity index (χ1) is 8.15. The fraction of sp³-hybridized carbons (Fsp3) is 0.286. The van der Waals surface area contributed by atoms with Gasteiger partial charge < -0.3 is 9.67 Å². The van der Waals surface area contributed by atoms with E-state index in [1.54, 1.807) is 0 Å². The number of hydrogen-bond acceptors (Lipinski definition) is 1. The molecule has 3 heteroatoms. The van der Waals surface area contributed by atoms with Crippen LogP contribution in [-0.4, -0.2) is 9.67 Å². The second-order valence-corrected chi connectivity index (χ2v) is 4.64. The highest BCUT2D eigenvalue weighted by atomic mass is 35.5. The zero-order valence-electron chi connectivity index (χ0n) is 9.91. The van der Waals surface area contributed by atoms with Gasteiger partial charge in [0.1, 0.15) is 0 Å². The summed E-state index contributed by atoms with van der Waals surface area (Å²) in [5.41, 5.74) is 3.14. The van der Waals surface area contributed by atoms with Crippen molar-refractivity contribution in [3.05, 3.63) is 47.1 Å². The van der Waals surface area contributed by atoms with Gasteiger partial charge in [-0.1, -0.05) is 36.7 Å². The lowest BCUT2D eigenvalue weighted by molar-refractivity contribution is 0.283. The minimum atomic E-state index is 0.0454. The summed E-state index contributed by atoms with van der Waals surface area (Å²) in [4.78, 5) is 0. The summed E-state index contributed by atoms with van der Waals surface area (Å²) in [6.45, 7) is 6.92. The number of aromatic nitrogens is 1. The maximum Gasteiger partial charge on any atom is 0.0702 e. The van der Waals surface area contributed by atoms with Crippen molar-refractivity contribution in [2.75, 3.05) is 0 Å². The fourth-order valence-corrected chi connectivity index (χ4v) is 2.12. The predicted molar refractivity (Wildman–Crippen MR) is 72.3 cm³/mol. The third-order valence-corrected chi connectivity index (χ3v) is 3.23. The van der Waals surface area contributed by atoms with Crippen molar-refractivity contribution in [2.45, 2.75) is 26.5 Å². The normalized spacial score (nSPS) is 11.0. The van der Waals surface area contributed by atoms with Crippen LogP contribution in [0.2, 0.25) is 5.02 Å². The molecule has 17 heavy (non-hydrogen) atoms. The molecule has 0 amide bonds. The monoisotopic (exact) mass is 249 g/mol. The summed E-state index contributed by atoms with van der Waals surface area (Å²) in [5.74, 6) is 0. The summed E-state index contributed by atoms with van der Waals surface area (Å²) in [6, 6.07) is 5.73. The van der Waals surface area contributed by atoms with Crippen LogP contribution in [0.15, 0.2) is 36.5 Å². The molecule has 1 aromatic heterocycles. The Hall–Kier alpha value is -1.25. The molecule has 1 aromatic carbocycles. The second-order valence-electron chi connectivity index (χ2n) is 4.21. The van der Waals surface area contributed by atoms with Crippen molar-refractivity contribution in [2.24, 2.45) is 0 Å². The summed E-state index contributed by atoms with van der Waals surface area (Å²) in [7, 11) is 0. The molecule has 0 bridgehead atoms. The summed E-state index contributed by atoms with van der Waals surface area (Å²) in [6.07, 6.45) is 2.93. The quantitative estimate of drug-likeness (QED) is 0.821. The number of fused-ring (bicyclic) bond motifs is 1. The van der Waals surface area contributed by atoms with E-state index in [1.165, 1.54) is 0 Å². The molecule has 2 nitrogen and oxygen atoms in total. The van der Waals surface area contributed by atoms with Crippen molar-refractivity contribution >= 4 is 22.5 Å². The number of halogens is 1. The van der Waals surface area contributed by atoms with Crippen LogP contribution < -0.4 is 0 Å². The Labute approximate surface area is 106 Å². The maximum atomic E-state index is 9.34. The molecular weight excluding hydrogens is 234 g/mol. The number of nitrogens with zero attached hydrogens (tertiary/aromatic N) is 1. The van der Waals surface area contributed by atoms with E-state index in [2.05, 4.69) is 18.1 Å². The SMILES string of the molecule is C=C(CC)Cn1cc(CO)c2ccc(Cl)cc21. The van der Waals surface area contributed by atoms with Crippen LogP contribution in [0.1, 0.15) is 18.9 Å². The van der Waals surface area contributed by atoms with E-state index in [0.29, 0.717) is 5.02 Å². The molecule has 2 rings (SSSR count). The highest BCUT2D eigenvalue weighted by Crippen LogP contribution is 2.25. The predicted octanol–water partition coefficient (Wildman–Crippen LogP) is 3.75. The van der Waals surface area contributed by atoms with E-state index in [1.807, 2.05) is 24.4 Å². The molecule has 0 unspecified atom stereocenters. The lowest BCUT2D eigenvalue weighted by Gasteiger charge is -2.06. The van der Waals surface area contributed by atoms with Crippen molar-refractivity contribution in [3.8, 4) is 0 Å². The highest BCUT2D eigenvalue weighted by molar-refractivity contribution is 6.31. The Morgan fingerprint density at radius 2 is 2.24 bits per heavy atom. The van der Waals surface area contributed by atoms with Crippen LogP contribution in [0, 0.1) is 0 Å². The van der Waals surface area contributed by atoms with Crippen molar-refractivity contribution in [1.82, 2.24) is 4.57 Å². The molecule has 1 N–H and O–H groups in total. The molecule has 0 atom stereocenters. The smallest absolute Gasteiger partial charge is 0.0702 e. The van der Waals surface area contributed by atoms with Gasteiger partial charge in [-0.3, -0.25) is 0 Å². The zero-order chi connectivity index (χ0) is 12.4. The van der Waals surface area contributed by atoms with Gasteiger partial charge in [0.05, 0.1) is 12.1 Å². The van der Waals surface area contributed by atoms with Gasteiger partial charge in [-0.05, 0) is 18.6 Å². The third-order valence-electron chi connectivity index (χ3n) is 2.99. The second kappa shape index (κ2) is 4.94. The third kappa shape index (κ3) is 2.38. The minimum Gasteiger partial charge on any atom is -0.392 e. The van der Waals surface area contributed by atoms with Crippen LogP contribution in [-0.2, 0) is 13.2 Å². The van der Waals surface area contributed by atoms with Gasteiger partial charge in [0.15, 0.2) is 0 Å². The summed E-state index contributed by atoms with van der Waals surface area (Å²) < 4.78 is 2.10. The number of allylic oxidation sites excluding steroid dienone is 1. The Kier molecular flexibility index (Phi) is 3.55. The van der Waals surface area contributed by atoms with E-state index in [9.17, 15) is 5.11 Å². The molecule has 2 aromatic rings. The molecule has 0 aliphatic heterocycles.